The summed E-state index contributed by atoms with van der Waals surface area (Å²) in [5, 5.41) is 4.47. The van der Waals surface area contributed by atoms with Crippen molar-refractivity contribution in [2.24, 2.45) is 0 Å². The van der Waals surface area contributed by atoms with Crippen molar-refractivity contribution in [3.8, 4) is 0 Å². The highest BCUT2D eigenvalue weighted by Crippen LogP contribution is 2.32. The zero-order valence-corrected chi connectivity index (χ0v) is 12.8. The molecule has 122 valence electrons. The summed E-state index contributed by atoms with van der Waals surface area (Å²) >= 11 is 6.20. The summed E-state index contributed by atoms with van der Waals surface area (Å²) in [5.41, 5.74) is 1.53. The molecule has 0 aliphatic heterocycles. The number of aromatic amines is 2. The van der Waals surface area contributed by atoms with Crippen molar-refractivity contribution in [2.75, 3.05) is 5.32 Å². The molecule has 4 rings (SSSR count). The molecule has 0 atom stereocenters. The van der Waals surface area contributed by atoms with E-state index in [0.717, 1.165) is 23.0 Å². The van der Waals surface area contributed by atoms with Crippen molar-refractivity contribution in [1.82, 2.24) is 15.0 Å². The predicted molar refractivity (Wildman–Crippen MR) is 87.7 cm³/mol. The van der Waals surface area contributed by atoms with Crippen LogP contribution in [0, 0.1) is 0 Å². The fourth-order valence-electron chi connectivity index (χ4n) is 2.57. The van der Waals surface area contributed by atoms with Gasteiger partial charge in [-0.25, -0.2) is 4.98 Å². The molecule has 2 aromatic carbocycles. The van der Waals surface area contributed by atoms with Crippen LogP contribution in [-0.2, 0) is 6.18 Å². The fraction of sp³-hybridized carbons (Fsp3) is 0.0625. The summed E-state index contributed by atoms with van der Waals surface area (Å²) in [6, 6.07) is 8.82. The van der Waals surface area contributed by atoms with Crippen LogP contribution in [0.2, 0.25) is 5.02 Å². The van der Waals surface area contributed by atoms with E-state index < -0.39 is 11.7 Å². The van der Waals surface area contributed by atoms with Crippen LogP contribution in [0.25, 0.3) is 21.9 Å². The van der Waals surface area contributed by atoms with Crippen LogP contribution in [0.4, 0.5) is 24.8 Å². The van der Waals surface area contributed by atoms with Crippen molar-refractivity contribution in [3.63, 3.8) is 0 Å². The number of H-pyrrole nitrogens is 2. The zero-order valence-electron chi connectivity index (χ0n) is 12.0. The lowest BCUT2D eigenvalue weighted by molar-refractivity contribution is -0.137. The number of benzene rings is 2. The lowest BCUT2D eigenvalue weighted by atomic mass is 10.2. The van der Waals surface area contributed by atoms with E-state index in [1.165, 1.54) is 6.07 Å². The molecule has 2 aromatic heterocycles. The van der Waals surface area contributed by atoms with E-state index in [1.54, 1.807) is 12.3 Å². The van der Waals surface area contributed by atoms with Crippen LogP contribution < -0.4 is 5.32 Å². The molecular formula is C16H10ClF3N4. The molecule has 0 saturated carbocycles. The van der Waals surface area contributed by atoms with Gasteiger partial charge in [-0.05, 0) is 36.4 Å². The number of aromatic nitrogens is 3. The fourth-order valence-corrected chi connectivity index (χ4v) is 2.85. The Morgan fingerprint density at radius 1 is 1.04 bits per heavy atom. The van der Waals surface area contributed by atoms with E-state index in [9.17, 15) is 13.2 Å². The molecule has 8 heteroatoms. The van der Waals surface area contributed by atoms with Gasteiger partial charge < -0.3 is 15.3 Å². The Morgan fingerprint density at radius 3 is 2.67 bits per heavy atom. The number of hydrogen-bond acceptors (Lipinski definition) is 2. The number of imidazole rings is 1. The van der Waals surface area contributed by atoms with E-state index in [-0.39, 0.29) is 5.52 Å². The Balaban J connectivity index is 1.70. The highest BCUT2D eigenvalue weighted by molar-refractivity contribution is 6.35. The number of nitrogens with one attached hydrogen (secondary N) is 3. The van der Waals surface area contributed by atoms with Gasteiger partial charge in [0, 0.05) is 22.8 Å². The summed E-state index contributed by atoms with van der Waals surface area (Å²) in [7, 11) is 0. The number of anilines is 2. The van der Waals surface area contributed by atoms with E-state index in [1.807, 2.05) is 12.1 Å². The lowest BCUT2D eigenvalue weighted by Gasteiger charge is -2.04. The second-order valence-corrected chi connectivity index (χ2v) is 5.74. The average molecular weight is 351 g/mol. The highest BCUT2D eigenvalue weighted by Gasteiger charge is 2.30. The molecule has 2 heterocycles. The Morgan fingerprint density at radius 2 is 1.88 bits per heavy atom. The summed E-state index contributed by atoms with van der Waals surface area (Å²) < 4.78 is 38.3. The van der Waals surface area contributed by atoms with E-state index in [4.69, 9.17) is 11.6 Å². The van der Waals surface area contributed by atoms with E-state index in [0.29, 0.717) is 22.2 Å². The lowest BCUT2D eigenvalue weighted by Crippen LogP contribution is -2.04. The maximum atomic E-state index is 12.8. The van der Waals surface area contributed by atoms with Crippen LogP contribution in [0.15, 0.2) is 42.6 Å². The molecule has 3 N–H and O–H groups in total. The molecule has 0 spiro atoms. The van der Waals surface area contributed by atoms with E-state index >= 15 is 0 Å². The predicted octanol–water partition coefficient (Wildman–Crippen LogP) is 5.46. The molecule has 0 saturated heterocycles. The number of hydrogen-bond donors (Lipinski definition) is 3. The quantitative estimate of drug-likeness (QED) is 0.449. The van der Waals surface area contributed by atoms with Gasteiger partial charge in [0.2, 0.25) is 5.95 Å². The first-order valence-corrected chi connectivity index (χ1v) is 7.38. The standard InChI is InChI=1S/C16H10ClF3N4/c17-11-6-9(7-13-10(11)3-4-21-13)22-15-23-12-2-1-8(16(18,19)20)5-14(12)24-15/h1-7,21H,(H2,22,23,24). The van der Waals surface area contributed by atoms with Crippen LogP contribution in [0.3, 0.4) is 0 Å². The van der Waals surface area contributed by atoms with Gasteiger partial charge in [-0.3, -0.25) is 0 Å². The molecule has 0 radical (unpaired) electrons. The molecule has 4 aromatic rings. The first-order chi connectivity index (χ1) is 11.4. The van der Waals surface area contributed by atoms with Crippen LogP contribution in [-0.4, -0.2) is 15.0 Å². The number of nitrogens with zero attached hydrogens (tertiary/aromatic N) is 1. The summed E-state index contributed by atoms with van der Waals surface area (Å²) in [5.74, 6) is 0.339. The summed E-state index contributed by atoms with van der Waals surface area (Å²) in [6.45, 7) is 0. The van der Waals surface area contributed by atoms with E-state index in [2.05, 4.69) is 20.3 Å². The monoisotopic (exact) mass is 350 g/mol. The Labute approximate surface area is 138 Å². The van der Waals surface area contributed by atoms with Crippen molar-refractivity contribution in [2.45, 2.75) is 6.18 Å². The first kappa shape index (κ1) is 14.9. The van der Waals surface area contributed by atoms with Crippen LogP contribution in [0.1, 0.15) is 5.56 Å². The smallest absolute Gasteiger partial charge is 0.361 e. The average Bonchev–Trinajstić information content (AvgIpc) is 3.11. The molecule has 0 amide bonds. The number of fused-ring (bicyclic) bond motifs is 2. The molecule has 0 aliphatic carbocycles. The first-order valence-electron chi connectivity index (χ1n) is 7.01. The molecule has 24 heavy (non-hydrogen) atoms. The Bertz CT molecular complexity index is 1050. The van der Waals surface area contributed by atoms with Gasteiger partial charge in [-0.15, -0.1) is 0 Å². The van der Waals surface area contributed by atoms with Crippen LogP contribution >= 0.6 is 11.6 Å². The molecular weight excluding hydrogens is 341 g/mol. The normalized spacial score (nSPS) is 12.2. The van der Waals surface area contributed by atoms with Gasteiger partial charge in [0.15, 0.2) is 0 Å². The number of rotatable bonds is 2. The van der Waals surface area contributed by atoms with Gasteiger partial charge in [0.25, 0.3) is 0 Å². The Kier molecular flexibility index (Phi) is 3.21. The third-order valence-electron chi connectivity index (χ3n) is 3.69. The van der Waals surface area contributed by atoms with Crippen molar-refractivity contribution in [1.29, 1.82) is 0 Å². The van der Waals surface area contributed by atoms with Crippen molar-refractivity contribution < 1.29 is 13.2 Å². The van der Waals surface area contributed by atoms with Gasteiger partial charge in [-0.2, -0.15) is 13.2 Å². The van der Waals surface area contributed by atoms with Crippen LogP contribution in [0.5, 0.6) is 0 Å². The molecule has 0 fully saturated rings. The van der Waals surface area contributed by atoms with Gasteiger partial charge in [-0.1, -0.05) is 11.6 Å². The molecule has 4 nitrogen and oxygen atoms in total. The second-order valence-electron chi connectivity index (χ2n) is 5.34. The van der Waals surface area contributed by atoms with Crippen molar-refractivity contribution in [3.05, 3.63) is 53.2 Å². The van der Waals surface area contributed by atoms with Crippen molar-refractivity contribution >= 4 is 45.2 Å². The summed E-state index contributed by atoms with van der Waals surface area (Å²) in [4.78, 5) is 10.2. The minimum atomic E-state index is -4.40. The third-order valence-corrected chi connectivity index (χ3v) is 4.00. The SMILES string of the molecule is FC(F)(F)c1ccc2[nH]c(Nc3cc(Cl)c4cc[nH]c4c3)nc2c1. The van der Waals surface area contributed by atoms with Gasteiger partial charge in [0.05, 0.1) is 21.6 Å². The number of halogens is 4. The summed E-state index contributed by atoms with van der Waals surface area (Å²) in [6.07, 6.45) is -2.62. The maximum Gasteiger partial charge on any atom is 0.416 e. The zero-order chi connectivity index (χ0) is 16.9. The largest absolute Gasteiger partial charge is 0.416 e. The molecule has 0 unspecified atom stereocenters. The van der Waals surface area contributed by atoms with Gasteiger partial charge in [0.1, 0.15) is 0 Å². The number of alkyl halides is 3. The van der Waals surface area contributed by atoms with Gasteiger partial charge >= 0.3 is 6.18 Å². The third kappa shape index (κ3) is 2.56. The topological polar surface area (TPSA) is 56.5 Å². The maximum absolute atomic E-state index is 12.8. The highest BCUT2D eigenvalue weighted by atomic mass is 35.5. The minimum Gasteiger partial charge on any atom is -0.361 e. The molecule has 0 bridgehead atoms. The molecule has 0 aliphatic rings. The Hall–Kier alpha value is -2.67. The second kappa shape index (κ2) is 5.17. The minimum absolute atomic E-state index is 0.236.